The molecule has 7 nitrogen and oxygen atoms in total. The van der Waals surface area contributed by atoms with Crippen molar-refractivity contribution in [1.82, 2.24) is 15.1 Å². The van der Waals surface area contributed by atoms with Gasteiger partial charge in [0.15, 0.2) is 0 Å². The van der Waals surface area contributed by atoms with E-state index >= 15 is 0 Å². The highest BCUT2D eigenvalue weighted by atomic mass is 32.2. The molecule has 1 aliphatic heterocycles. The van der Waals surface area contributed by atoms with Crippen molar-refractivity contribution in [3.05, 3.63) is 35.4 Å². The lowest BCUT2D eigenvalue weighted by Gasteiger charge is -2.32. The molecule has 33 heavy (non-hydrogen) atoms. The second-order valence-corrected chi connectivity index (χ2v) is 10.7. The highest BCUT2D eigenvalue weighted by Gasteiger charge is 2.37. The molecule has 2 heterocycles. The number of rotatable bonds is 7. The van der Waals surface area contributed by atoms with Crippen LogP contribution in [0.25, 0.3) is 11.3 Å². The molecule has 11 heteroatoms. The molecule has 0 bridgehead atoms. The molecule has 1 aliphatic carbocycles. The number of piperidine rings is 1. The molecule has 1 aromatic carbocycles. The number of nitrogens with one attached hydrogen (secondary N) is 2. The summed E-state index contributed by atoms with van der Waals surface area (Å²) in [6, 6.07) is 5.04. The summed E-state index contributed by atoms with van der Waals surface area (Å²) in [6.07, 6.45) is -1.49. The number of anilines is 2. The van der Waals surface area contributed by atoms with Gasteiger partial charge in [0, 0.05) is 18.2 Å². The van der Waals surface area contributed by atoms with Gasteiger partial charge in [0.2, 0.25) is 10.0 Å². The lowest BCUT2D eigenvalue weighted by molar-refractivity contribution is -0.137. The van der Waals surface area contributed by atoms with Gasteiger partial charge in [-0.2, -0.15) is 13.2 Å². The minimum absolute atomic E-state index is 0.138. The molecule has 0 amide bonds. The highest BCUT2D eigenvalue weighted by molar-refractivity contribution is 7.93. The number of aromatic nitrogens is 2. The van der Waals surface area contributed by atoms with E-state index in [-0.39, 0.29) is 17.3 Å². The molecule has 1 aromatic heterocycles. The first kappa shape index (κ1) is 23.7. The first-order chi connectivity index (χ1) is 15.6. The quantitative estimate of drug-likeness (QED) is 0.612. The molecule has 2 aliphatic rings. The third-order valence-electron chi connectivity index (χ3n) is 6.11. The van der Waals surface area contributed by atoms with Gasteiger partial charge >= 0.3 is 6.18 Å². The Kier molecular flexibility index (Phi) is 6.54. The molecule has 0 unspecified atom stereocenters. The first-order valence-electron chi connectivity index (χ1n) is 11.1. The van der Waals surface area contributed by atoms with Crippen LogP contribution >= 0.6 is 0 Å². The van der Waals surface area contributed by atoms with Crippen molar-refractivity contribution in [2.24, 2.45) is 0 Å². The van der Waals surface area contributed by atoms with Gasteiger partial charge in [0.1, 0.15) is 5.82 Å². The van der Waals surface area contributed by atoms with E-state index in [1.54, 1.807) is 13.0 Å². The summed E-state index contributed by atoms with van der Waals surface area (Å²) in [7, 11) is -3.76. The maximum absolute atomic E-state index is 13.3. The Bertz CT molecular complexity index is 1120. The monoisotopic (exact) mass is 483 g/mol. The predicted molar refractivity (Wildman–Crippen MR) is 122 cm³/mol. The predicted octanol–water partition coefficient (Wildman–Crippen LogP) is 4.27. The van der Waals surface area contributed by atoms with Crippen LogP contribution in [0.1, 0.15) is 43.7 Å². The van der Waals surface area contributed by atoms with Crippen molar-refractivity contribution in [3.8, 4) is 11.3 Å². The zero-order chi connectivity index (χ0) is 23.8. The SMILES string of the molecule is CCN1CCC[C@@H](Nc2cc(C)c(-c3ccc(C(F)(F)F)cc3NS(=O)(=O)C3CC3)nn2)C1. The molecule has 2 aromatic rings. The molecule has 4 rings (SSSR count). The molecule has 1 saturated carbocycles. The van der Waals surface area contributed by atoms with Crippen LogP contribution in [-0.4, -0.2) is 54.4 Å². The van der Waals surface area contributed by atoms with Gasteiger partial charge in [-0.15, -0.1) is 10.2 Å². The lowest BCUT2D eigenvalue weighted by atomic mass is 10.0. The number of aryl methyl sites for hydroxylation is 1. The van der Waals surface area contributed by atoms with Gasteiger partial charge in [0.25, 0.3) is 0 Å². The molecule has 0 spiro atoms. The minimum Gasteiger partial charge on any atom is -0.365 e. The van der Waals surface area contributed by atoms with Crippen LogP contribution in [0.15, 0.2) is 24.3 Å². The van der Waals surface area contributed by atoms with E-state index in [4.69, 9.17) is 0 Å². The number of likely N-dealkylation sites (tertiary alicyclic amines) is 1. The summed E-state index contributed by atoms with van der Waals surface area (Å²) < 4.78 is 67.2. The number of sulfonamides is 1. The van der Waals surface area contributed by atoms with Crippen molar-refractivity contribution in [2.75, 3.05) is 29.7 Å². The van der Waals surface area contributed by atoms with E-state index in [0.717, 1.165) is 44.6 Å². The van der Waals surface area contributed by atoms with Gasteiger partial charge < -0.3 is 10.2 Å². The van der Waals surface area contributed by atoms with Crippen molar-refractivity contribution >= 4 is 21.5 Å². The second kappa shape index (κ2) is 9.09. The summed E-state index contributed by atoms with van der Waals surface area (Å²) in [5.41, 5.74) is 0.213. The zero-order valence-corrected chi connectivity index (χ0v) is 19.4. The minimum atomic E-state index is -4.60. The van der Waals surface area contributed by atoms with Crippen LogP contribution in [0, 0.1) is 6.92 Å². The lowest BCUT2D eigenvalue weighted by Crippen LogP contribution is -2.42. The largest absolute Gasteiger partial charge is 0.416 e. The number of nitrogens with zero attached hydrogens (tertiary/aromatic N) is 3. The molecule has 180 valence electrons. The summed E-state index contributed by atoms with van der Waals surface area (Å²) >= 11 is 0. The summed E-state index contributed by atoms with van der Waals surface area (Å²) in [6.45, 7) is 6.87. The number of hydrogen-bond acceptors (Lipinski definition) is 6. The van der Waals surface area contributed by atoms with Crippen LogP contribution in [0.3, 0.4) is 0 Å². The number of hydrogen-bond donors (Lipinski definition) is 2. The third-order valence-corrected chi connectivity index (χ3v) is 7.96. The Morgan fingerprint density at radius 1 is 1.15 bits per heavy atom. The average molecular weight is 484 g/mol. The van der Waals surface area contributed by atoms with Gasteiger partial charge in [-0.1, -0.05) is 13.0 Å². The van der Waals surface area contributed by atoms with E-state index in [9.17, 15) is 21.6 Å². The van der Waals surface area contributed by atoms with Gasteiger partial charge in [0.05, 0.1) is 22.2 Å². The van der Waals surface area contributed by atoms with E-state index < -0.39 is 27.0 Å². The molecular formula is C22H28F3N5O2S. The van der Waals surface area contributed by atoms with Gasteiger partial charge in [-0.3, -0.25) is 4.72 Å². The van der Waals surface area contributed by atoms with Crippen LogP contribution < -0.4 is 10.0 Å². The second-order valence-electron chi connectivity index (χ2n) is 8.74. The van der Waals surface area contributed by atoms with Gasteiger partial charge in [-0.05, 0) is 69.5 Å². The Morgan fingerprint density at radius 3 is 2.55 bits per heavy atom. The molecule has 1 saturated heterocycles. The van der Waals surface area contributed by atoms with Crippen molar-refractivity contribution < 1.29 is 21.6 Å². The molecular weight excluding hydrogens is 455 g/mol. The Balaban J connectivity index is 1.63. The Labute approximate surface area is 191 Å². The molecule has 1 atom stereocenters. The fraction of sp³-hybridized carbons (Fsp3) is 0.545. The maximum Gasteiger partial charge on any atom is 0.416 e. The smallest absolute Gasteiger partial charge is 0.365 e. The van der Waals surface area contributed by atoms with Crippen LogP contribution in [0.4, 0.5) is 24.7 Å². The third kappa shape index (κ3) is 5.57. The number of likely N-dealkylation sites (N-methyl/N-ethyl adjacent to an activating group) is 1. The van der Waals surface area contributed by atoms with Gasteiger partial charge in [-0.25, -0.2) is 8.42 Å². The van der Waals surface area contributed by atoms with E-state index in [1.165, 1.54) is 6.07 Å². The van der Waals surface area contributed by atoms with E-state index in [2.05, 4.69) is 32.1 Å². The van der Waals surface area contributed by atoms with Crippen LogP contribution in [0.2, 0.25) is 0 Å². The number of alkyl halides is 3. The summed E-state index contributed by atoms with van der Waals surface area (Å²) in [5, 5.41) is 11.3. The van der Waals surface area contributed by atoms with Crippen LogP contribution in [0.5, 0.6) is 0 Å². The highest BCUT2D eigenvalue weighted by Crippen LogP contribution is 2.38. The standard InChI is InChI=1S/C22H28F3N5O2S/c1-3-30-10-4-5-16(13-30)26-20-11-14(2)21(28-27-20)18-9-6-15(22(23,24)25)12-19(18)29-33(31,32)17-7-8-17/h6,9,11-12,16-17,29H,3-5,7-8,10,13H2,1-2H3,(H,26,27)/t16-/m1/s1. The Hall–Kier alpha value is -2.40. The fourth-order valence-corrected chi connectivity index (χ4v) is 5.52. The fourth-order valence-electron chi connectivity index (χ4n) is 4.12. The average Bonchev–Trinajstić information content (AvgIpc) is 3.60. The maximum atomic E-state index is 13.3. The van der Waals surface area contributed by atoms with E-state index in [1.807, 2.05) is 0 Å². The van der Waals surface area contributed by atoms with E-state index in [0.29, 0.717) is 29.9 Å². The molecule has 2 fully saturated rings. The first-order valence-corrected chi connectivity index (χ1v) is 12.7. The molecule has 0 radical (unpaired) electrons. The summed E-state index contributed by atoms with van der Waals surface area (Å²) in [5.74, 6) is 0.589. The molecule has 2 N–H and O–H groups in total. The van der Waals surface area contributed by atoms with Crippen LogP contribution in [-0.2, 0) is 16.2 Å². The zero-order valence-electron chi connectivity index (χ0n) is 18.6. The Morgan fingerprint density at radius 2 is 1.91 bits per heavy atom. The number of benzene rings is 1. The normalized spacial score (nSPS) is 20.0. The van der Waals surface area contributed by atoms with Crippen molar-refractivity contribution in [1.29, 1.82) is 0 Å². The number of halogens is 3. The van der Waals surface area contributed by atoms with Crippen molar-refractivity contribution in [3.63, 3.8) is 0 Å². The topological polar surface area (TPSA) is 87.2 Å². The summed E-state index contributed by atoms with van der Waals surface area (Å²) in [4.78, 5) is 2.36. The van der Waals surface area contributed by atoms with Crippen molar-refractivity contribution in [2.45, 2.75) is 57.0 Å².